The predicted molar refractivity (Wildman–Crippen MR) is 126 cm³/mol. The van der Waals surface area contributed by atoms with Gasteiger partial charge in [-0.3, -0.25) is 19.5 Å². The van der Waals surface area contributed by atoms with Gasteiger partial charge in [0.05, 0.1) is 16.3 Å². The summed E-state index contributed by atoms with van der Waals surface area (Å²) in [5.41, 5.74) is -0.251. The van der Waals surface area contributed by atoms with Crippen LogP contribution in [0.1, 0.15) is 11.1 Å². The van der Waals surface area contributed by atoms with Crippen molar-refractivity contribution in [3.63, 3.8) is 0 Å². The van der Waals surface area contributed by atoms with Crippen LogP contribution in [-0.2, 0) is 10.0 Å². The molecule has 0 bridgehead atoms. The number of nitrogens with one attached hydrogen (secondary N) is 2. The molecule has 3 N–H and O–H groups in total. The normalized spacial score (nSPS) is 11.7. The third-order valence-electron chi connectivity index (χ3n) is 4.52. The number of thiazole rings is 1. The fourth-order valence-electron chi connectivity index (χ4n) is 2.96. The number of benzene rings is 2. The van der Waals surface area contributed by atoms with Crippen molar-refractivity contribution in [2.24, 2.45) is 4.99 Å². The molecule has 4 aromatic rings. The molecular formula is C21H17N5O5S2. The van der Waals surface area contributed by atoms with Crippen LogP contribution in [0.2, 0.25) is 0 Å². The number of nitrogens with zero attached hydrogens (tertiary/aromatic N) is 3. The van der Waals surface area contributed by atoms with E-state index in [0.717, 1.165) is 27.7 Å². The fourth-order valence-corrected chi connectivity index (χ4v) is 4.75. The van der Waals surface area contributed by atoms with Crippen LogP contribution in [0.3, 0.4) is 0 Å². The van der Waals surface area contributed by atoms with Crippen LogP contribution >= 0.6 is 11.3 Å². The maximum absolute atomic E-state index is 12.4. The lowest BCUT2D eigenvalue weighted by molar-refractivity contribution is 0.430. The number of aromatic amines is 1. The predicted octanol–water partition coefficient (Wildman–Crippen LogP) is 2.55. The Morgan fingerprint density at radius 1 is 1.18 bits per heavy atom. The average molecular weight is 484 g/mol. The second kappa shape index (κ2) is 8.84. The van der Waals surface area contributed by atoms with Crippen molar-refractivity contribution in [2.45, 2.75) is 11.8 Å². The molecule has 2 aromatic heterocycles. The van der Waals surface area contributed by atoms with Crippen LogP contribution in [0.15, 0.2) is 79.6 Å². The van der Waals surface area contributed by atoms with Crippen molar-refractivity contribution >= 4 is 38.4 Å². The summed E-state index contributed by atoms with van der Waals surface area (Å²) in [6.45, 7) is 1.83. The molecule has 4 rings (SSSR count). The molecule has 0 saturated heterocycles. The highest BCUT2D eigenvalue weighted by Crippen LogP contribution is 2.21. The Labute approximate surface area is 191 Å². The van der Waals surface area contributed by atoms with Gasteiger partial charge in [-0.15, -0.1) is 11.3 Å². The van der Waals surface area contributed by atoms with Gasteiger partial charge in [-0.25, -0.2) is 22.8 Å². The highest BCUT2D eigenvalue weighted by Gasteiger charge is 2.16. The largest absolute Gasteiger partial charge is 0.493 e. The molecule has 0 aliphatic carbocycles. The Kier molecular flexibility index (Phi) is 5.94. The van der Waals surface area contributed by atoms with E-state index >= 15 is 0 Å². The van der Waals surface area contributed by atoms with E-state index in [-0.39, 0.29) is 15.6 Å². The molecule has 2 aromatic carbocycles. The highest BCUT2D eigenvalue weighted by atomic mass is 32.2. The lowest BCUT2D eigenvalue weighted by Crippen LogP contribution is -2.31. The van der Waals surface area contributed by atoms with E-state index in [2.05, 4.69) is 19.7 Å². The van der Waals surface area contributed by atoms with Gasteiger partial charge < -0.3 is 5.11 Å². The average Bonchev–Trinajstić information content (AvgIpc) is 3.26. The van der Waals surface area contributed by atoms with Crippen LogP contribution in [-0.4, -0.2) is 34.3 Å². The van der Waals surface area contributed by atoms with E-state index in [1.54, 1.807) is 23.6 Å². The number of H-pyrrole nitrogens is 1. The zero-order chi connectivity index (χ0) is 23.6. The SMILES string of the molecule is Cc1cccc(-n2c(O)c(C=Nc3ccc(S(=O)(=O)Nc4nccs4)cc3)c(=O)[nH]c2=O)c1. The van der Waals surface area contributed by atoms with Gasteiger partial charge in [0.2, 0.25) is 5.88 Å². The van der Waals surface area contributed by atoms with E-state index in [1.807, 2.05) is 13.0 Å². The van der Waals surface area contributed by atoms with E-state index < -0.39 is 27.2 Å². The monoisotopic (exact) mass is 483 g/mol. The van der Waals surface area contributed by atoms with Gasteiger partial charge in [-0.2, -0.15) is 0 Å². The molecule has 0 fully saturated rings. The van der Waals surface area contributed by atoms with Gasteiger partial charge in [0.25, 0.3) is 15.6 Å². The Bertz CT molecular complexity index is 1550. The first kappa shape index (κ1) is 22.2. The second-order valence-electron chi connectivity index (χ2n) is 6.87. The lowest BCUT2D eigenvalue weighted by atomic mass is 10.2. The van der Waals surface area contributed by atoms with Gasteiger partial charge in [0, 0.05) is 17.8 Å². The number of aromatic nitrogens is 3. The number of sulfonamides is 1. The number of hydrogen-bond donors (Lipinski definition) is 3. The smallest absolute Gasteiger partial charge is 0.335 e. The van der Waals surface area contributed by atoms with Crippen LogP contribution in [0.4, 0.5) is 10.8 Å². The van der Waals surface area contributed by atoms with Crippen molar-refractivity contribution in [1.82, 2.24) is 14.5 Å². The minimum absolute atomic E-state index is 0.00495. The minimum Gasteiger partial charge on any atom is -0.493 e. The quantitative estimate of drug-likeness (QED) is 0.359. The Morgan fingerprint density at radius 3 is 2.61 bits per heavy atom. The van der Waals surface area contributed by atoms with Crippen molar-refractivity contribution in [3.8, 4) is 11.6 Å². The summed E-state index contributed by atoms with van der Waals surface area (Å²) in [5.74, 6) is -0.565. The number of rotatable bonds is 6. The topological polar surface area (TPSA) is 147 Å². The summed E-state index contributed by atoms with van der Waals surface area (Å²) in [6.07, 6.45) is 2.59. The summed E-state index contributed by atoms with van der Waals surface area (Å²) < 4.78 is 28.2. The lowest BCUT2D eigenvalue weighted by Gasteiger charge is -2.10. The summed E-state index contributed by atoms with van der Waals surface area (Å²) in [5, 5.41) is 12.5. The third kappa shape index (κ3) is 4.76. The van der Waals surface area contributed by atoms with E-state index in [0.29, 0.717) is 11.4 Å². The molecule has 0 unspecified atom stereocenters. The van der Waals surface area contributed by atoms with Crippen molar-refractivity contribution in [1.29, 1.82) is 0 Å². The number of aliphatic imine (C=N–C) groups is 1. The molecule has 0 amide bonds. The molecule has 0 saturated carbocycles. The van der Waals surface area contributed by atoms with Gasteiger partial charge >= 0.3 is 5.69 Å². The van der Waals surface area contributed by atoms with Gasteiger partial charge in [0.1, 0.15) is 5.56 Å². The molecule has 33 heavy (non-hydrogen) atoms. The summed E-state index contributed by atoms with van der Waals surface area (Å²) in [6, 6.07) is 12.4. The second-order valence-corrected chi connectivity index (χ2v) is 9.44. The Balaban J connectivity index is 1.64. The number of aryl methyl sites for hydroxylation is 1. The number of anilines is 1. The summed E-state index contributed by atoms with van der Waals surface area (Å²) in [4.78, 5) is 34.7. The Morgan fingerprint density at radius 2 is 1.94 bits per heavy atom. The molecule has 12 heteroatoms. The molecule has 0 aliphatic rings. The highest BCUT2D eigenvalue weighted by molar-refractivity contribution is 7.93. The zero-order valence-corrected chi connectivity index (χ0v) is 18.7. The van der Waals surface area contributed by atoms with Crippen LogP contribution in [0.5, 0.6) is 5.88 Å². The van der Waals surface area contributed by atoms with E-state index in [4.69, 9.17) is 0 Å². The van der Waals surface area contributed by atoms with Crippen molar-refractivity contribution in [2.75, 3.05) is 4.72 Å². The number of hydrogen-bond acceptors (Lipinski definition) is 8. The van der Waals surface area contributed by atoms with Crippen LogP contribution in [0.25, 0.3) is 5.69 Å². The summed E-state index contributed by atoms with van der Waals surface area (Å²) >= 11 is 1.15. The first-order valence-corrected chi connectivity index (χ1v) is 11.8. The third-order valence-corrected chi connectivity index (χ3v) is 6.70. The zero-order valence-electron chi connectivity index (χ0n) is 17.1. The maximum atomic E-state index is 12.4. The van der Waals surface area contributed by atoms with E-state index in [9.17, 15) is 23.1 Å². The molecule has 10 nitrogen and oxygen atoms in total. The molecule has 2 heterocycles. The maximum Gasteiger partial charge on any atom is 0.335 e. The first-order chi connectivity index (χ1) is 15.7. The number of aromatic hydroxyl groups is 1. The van der Waals surface area contributed by atoms with Crippen molar-refractivity contribution in [3.05, 3.63) is 92.1 Å². The standard InChI is InChI=1S/C21H17N5O5S2/c1-13-3-2-4-15(11-13)26-19(28)17(18(27)24-21(26)29)12-23-14-5-7-16(8-6-14)33(30,31)25-20-22-9-10-32-20/h2-12,28H,1H3,(H,22,25)(H,24,27,29). The molecule has 0 spiro atoms. The molecule has 0 aliphatic heterocycles. The minimum atomic E-state index is -3.81. The molecule has 0 atom stereocenters. The Hall–Kier alpha value is -4.03. The first-order valence-electron chi connectivity index (χ1n) is 9.46. The van der Waals surface area contributed by atoms with Crippen LogP contribution < -0.4 is 16.0 Å². The summed E-state index contributed by atoms with van der Waals surface area (Å²) in [7, 11) is -3.81. The molecular weight excluding hydrogens is 466 g/mol. The van der Waals surface area contributed by atoms with Crippen LogP contribution in [0, 0.1) is 6.92 Å². The fraction of sp³-hybridized carbons (Fsp3) is 0.0476. The van der Waals surface area contributed by atoms with Crippen molar-refractivity contribution < 1.29 is 13.5 Å². The van der Waals surface area contributed by atoms with Gasteiger partial charge in [0.15, 0.2) is 5.13 Å². The molecule has 0 radical (unpaired) electrons. The van der Waals surface area contributed by atoms with E-state index in [1.165, 1.54) is 30.5 Å². The van der Waals surface area contributed by atoms with Gasteiger partial charge in [-0.05, 0) is 48.9 Å². The molecule has 168 valence electrons. The van der Waals surface area contributed by atoms with Gasteiger partial charge in [-0.1, -0.05) is 12.1 Å².